The zero-order valence-electron chi connectivity index (χ0n) is 6.05. The summed E-state index contributed by atoms with van der Waals surface area (Å²) in [4.78, 5) is 11.3. The Morgan fingerprint density at radius 1 is 1.45 bits per heavy atom. The number of Topliss-reactive ketones (excluding diaryl/α,β-unsaturated/α-hetero) is 1. The smallest absolute Gasteiger partial charge is 0.183 e. The Kier molecular flexibility index (Phi) is 1.40. The van der Waals surface area contributed by atoms with Gasteiger partial charge >= 0.3 is 0 Å². The maximum atomic E-state index is 11.3. The topological polar surface area (TPSA) is 17.1 Å². The average Bonchev–Trinajstić information content (AvgIpc) is 2.29. The van der Waals surface area contributed by atoms with Crippen molar-refractivity contribution in [2.24, 2.45) is 17.8 Å². The first-order valence-corrected chi connectivity index (χ1v) is 4.41. The van der Waals surface area contributed by atoms with E-state index in [0.29, 0.717) is 5.92 Å². The molecule has 3 atom stereocenters. The van der Waals surface area contributed by atoms with Crippen LogP contribution in [0.1, 0.15) is 6.92 Å². The zero-order valence-corrected chi connectivity index (χ0v) is 7.56. The summed E-state index contributed by atoms with van der Waals surface area (Å²) in [5, 5.41) is 0. The lowest BCUT2D eigenvalue weighted by Gasteiger charge is -2.42. The second kappa shape index (κ2) is 2.02. The van der Waals surface area contributed by atoms with Crippen LogP contribution in [0.3, 0.4) is 0 Å². The van der Waals surface area contributed by atoms with Crippen LogP contribution in [0.4, 0.5) is 0 Å². The standard InChI is InChI=1S/C8H8Cl2O/c1-4-2-3-5-6(4)7(11)8(5,9)10/h2-6H,1H3/t4-,5-,6+/m0/s1. The molecule has 0 saturated heterocycles. The zero-order chi connectivity index (χ0) is 8.22. The quantitative estimate of drug-likeness (QED) is 0.423. The molecule has 0 aliphatic heterocycles. The van der Waals surface area contributed by atoms with Gasteiger partial charge in [0.25, 0.3) is 0 Å². The number of hydrogen-bond donors (Lipinski definition) is 0. The molecule has 3 heteroatoms. The van der Waals surface area contributed by atoms with E-state index in [4.69, 9.17) is 23.2 Å². The van der Waals surface area contributed by atoms with E-state index >= 15 is 0 Å². The van der Waals surface area contributed by atoms with Gasteiger partial charge in [-0.25, -0.2) is 0 Å². The Morgan fingerprint density at radius 2 is 2.09 bits per heavy atom. The number of allylic oxidation sites excluding steroid dienone is 2. The van der Waals surface area contributed by atoms with Crippen LogP contribution in [0, 0.1) is 17.8 Å². The van der Waals surface area contributed by atoms with E-state index in [9.17, 15) is 4.79 Å². The Bertz CT molecular complexity index is 244. The van der Waals surface area contributed by atoms with E-state index in [1.54, 1.807) is 0 Å². The fourth-order valence-corrected chi connectivity index (χ4v) is 2.57. The molecule has 2 aliphatic carbocycles. The Labute approximate surface area is 75.4 Å². The van der Waals surface area contributed by atoms with Crippen molar-refractivity contribution in [3.05, 3.63) is 12.2 Å². The number of rotatable bonds is 0. The lowest BCUT2D eigenvalue weighted by Crippen LogP contribution is -2.55. The van der Waals surface area contributed by atoms with Gasteiger partial charge in [0.05, 0.1) is 0 Å². The first-order chi connectivity index (χ1) is 5.05. The highest BCUT2D eigenvalue weighted by molar-refractivity contribution is 6.61. The third-order valence-corrected chi connectivity index (χ3v) is 3.50. The molecule has 0 spiro atoms. The fraction of sp³-hybridized carbons (Fsp3) is 0.625. The normalized spacial score (nSPS) is 45.4. The Hall–Kier alpha value is -0.0100. The lowest BCUT2D eigenvalue weighted by molar-refractivity contribution is -0.134. The third-order valence-electron chi connectivity index (χ3n) is 2.63. The highest BCUT2D eigenvalue weighted by Crippen LogP contribution is 2.55. The van der Waals surface area contributed by atoms with Crippen LogP contribution in [0.25, 0.3) is 0 Å². The molecule has 2 rings (SSSR count). The summed E-state index contributed by atoms with van der Waals surface area (Å²) in [7, 11) is 0. The van der Waals surface area contributed by atoms with Crippen molar-refractivity contribution in [3.8, 4) is 0 Å². The van der Waals surface area contributed by atoms with E-state index in [-0.39, 0.29) is 17.6 Å². The van der Waals surface area contributed by atoms with Gasteiger partial charge in [0, 0.05) is 11.8 Å². The number of alkyl halides is 2. The number of carbonyl (C=O) groups is 1. The van der Waals surface area contributed by atoms with Gasteiger partial charge in [-0.1, -0.05) is 42.3 Å². The Balaban J connectivity index is 2.29. The highest BCUT2D eigenvalue weighted by Gasteiger charge is 2.62. The molecule has 0 aromatic heterocycles. The first-order valence-electron chi connectivity index (χ1n) is 3.65. The first kappa shape index (κ1) is 7.63. The predicted octanol–water partition coefficient (Wildman–Crippen LogP) is 2.18. The molecule has 0 aromatic carbocycles. The van der Waals surface area contributed by atoms with Crippen LogP contribution in [-0.4, -0.2) is 10.1 Å². The fourth-order valence-electron chi connectivity index (χ4n) is 1.90. The molecule has 1 nitrogen and oxygen atoms in total. The molecule has 0 bridgehead atoms. The molecule has 0 unspecified atom stereocenters. The van der Waals surface area contributed by atoms with E-state index in [1.807, 2.05) is 19.1 Å². The summed E-state index contributed by atoms with van der Waals surface area (Å²) in [6, 6.07) is 0. The summed E-state index contributed by atoms with van der Waals surface area (Å²) in [5.74, 6) is 0.430. The SMILES string of the molecule is C[C@H]1C=C[C@H]2[C@@H]1C(=O)C2(Cl)Cl. The molecular formula is C8H8Cl2O. The van der Waals surface area contributed by atoms with Crippen LogP contribution < -0.4 is 0 Å². The number of ketones is 1. The summed E-state index contributed by atoms with van der Waals surface area (Å²) in [6.07, 6.45) is 3.97. The maximum Gasteiger partial charge on any atom is 0.183 e. The van der Waals surface area contributed by atoms with Gasteiger partial charge in [0.1, 0.15) is 0 Å². The molecule has 1 saturated carbocycles. The van der Waals surface area contributed by atoms with Gasteiger partial charge in [-0.05, 0) is 5.92 Å². The van der Waals surface area contributed by atoms with Gasteiger partial charge in [-0.2, -0.15) is 0 Å². The second-order valence-electron chi connectivity index (χ2n) is 3.28. The molecule has 11 heavy (non-hydrogen) atoms. The van der Waals surface area contributed by atoms with Crippen molar-refractivity contribution in [2.75, 3.05) is 0 Å². The summed E-state index contributed by atoms with van der Waals surface area (Å²) in [6.45, 7) is 2.02. The number of halogens is 2. The molecular weight excluding hydrogens is 183 g/mol. The van der Waals surface area contributed by atoms with Crippen molar-refractivity contribution in [2.45, 2.75) is 11.3 Å². The maximum absolute atomic E-state index is 11.3. The number of hydrogen-bond acceptors (Lipinski definition) is 1. The number of fused-ring (bicyclic) bond motifs is 1. The molecule has 1 fully saturated rings. The van der Waals surface area contributed by atoms with Crippen molar-refractivity contribution in [1.29, 1.82) is 0 Å². The van der Waals surface area contributed by atoms with E-state index < -0.39 is 4.33 Å². The third kappa shape index (κ3) is 0.759. The number of carbonyl (C=O) groups excluding carboxylic acids is 1. The Morgan fingerprint density at radius 3 is 2.64 bits per heavy atom. The summed E-state index contributed by atoms with van der Waals surface area (Å²) < 4.78 is -1.12. The minimum Gasteiger partial charge on any atom is -0.296 e. The van der Waals surface area contributed by atoms with E-state index in [1.165, 1.54) is 0 Å². The minimum absolute atomic E-state index is 0.0108. The predicted molar refractivity (Wildman–Crippen MR) is 44.7 cm³/mol. The van der Waals surface area contributed by atoms with Crippen molar-refractivity contribution < 1.29 is 4.79 Å². The molecule has 0 radical (unpaired) electrons. The second-order valence-corrected chi connectivity index (χ2v) is 4.67. The average molecular weight is 191 g/mol. The van der Waals surface area contributed by atoms with Crippen LogP contribution in [0.15, 0.2) is 12.2 Å². The van der Waals surface area contributed by atoms with Crippen molar-refractivity contribution in [3.63, 3.8) is 0 Å². The molecule has 60 valence electrons. The minimum atomic E-state index is -1.12. The van der Waals surface area contributed by atoms with E-state index in [0.717, 1.165) is 0 Å². The molecule has 0 heterocycles. The molecule has 0 aromatic rings. The lowest BCUT2D eigenvalue weighted by atomic mass is 9.70. The van der Waals surface area contributed by atoms with Crippen LogP contribution in [0.2, 0.25) is 0 Å². The molecule has 2 aliphatic rings. The van der Waals surface area contributed by atoms with Gasteiger partial charge in [-0.3, -0.25) is 4.79 Å². The van der Waals surface area contributed by atoms with Gasteiger partial charge in [0.15, 0.2) is 10.1 Å². The van der Waals surface area contributed by atoms with Crippen LogP contribution >= 0.6 is 23.2 Å². The van der Waals surface area contributed by atoms with Crippen molar-refractivity contribution in [1.82, 2.24) is 0 Å². The van der Waals surface area contributed by atoms with Crippen LogP contribution in [-0.2, 0) is 4.79 Å². The van der Waals surface area contributed by atoms with Crippen LogP contribution in [0.5, 0.6) is 0 Å². The summed E-state index contributed by atoms with van der Waals surface area (Å²) in [5.41, 5.74) is 0. The van der Waals surface area contributed by atoms with Crippen molar-refractivity contribution >= 4 is 29.0 Å². The van der Waals surface area contributed by atoms with E-state index in [2.05, 4.69) is 0 Å². The van der Waals surface area contributed by atoms with Gasteiger partial charge < -0.3 is 0 Å². The molecule has 0 N–H and O–H groups in total. The molecule has 0 amide bonds. The summed E-state index contributed by atoms with van der Waals surface area (Å²) >= 11 is 11.6. The highest BCUT2D eigenvalue weighted by atomic mass is 35.5. The largest absolute Gasteiger partial charge is 0.296 e. The van der Waals surface area contributed by atoms with Gasteiger partial charge in [0.2, 0.25) is 0 Å². The van der Waals surface area contributed by atoms with Gasteiger partial charge in [-0.15, -0.1) is 0 Å². The monoisotopic (exact) mass is 190 g/mol.